The second-order valence-corrected chi connectivity index (χ2v) is 8.75. The van der Waals surface area contributed by atoms with Gasteiger partial charge in [0.15, 0.2) is 0 Å². The molecular formula is C22H22Cl2O2. The molecule has 0 unspecified atom stereocenters. The first-order chi connectivity index (χ1) is 12.6. The molecule has 0 radical (unpaired) electrons. The van der Waals surface area contributed by atoms with Gasteiger partial charge in [-0.05, 0) is 85.0 Å². The Kier molecular flexibility index (Phi) is 4.09. The number of halogens is 2. The molecule has 2 fully saturated rings. The highest BCUT2D eigenvalue weighted by molar-refractivity contribution is 6.30. The summed E-state index contributed by atoms with van der Waals surface area (Å²) in [5, 5.41) is 1.69. The van der Waals surface area contributed by atoms with Gasteiger partial charge in [0.1, 0.15) is 11.2 Å². The third-order valence-corrected chi connectivity index (χ3v) is 6.63. The lowest BCUT2D eigenvalue weighted by Crippen LogP contribution is -2.17. The fourth-order valence-corrected chi connectivity index (χ4v) is 4.99. The molecule has 0 saturated carbocycles. The van der Waals surface area contributed by atoms with Crippen LogP contribution in [0.1, 0.15) is 47.9 Å². The summed E-state index contributed by atoms with van der Waals surface area (Å²) < 4.78 is 11.1. The Morgan fingerprint density at radius 2 is 1.12 bits per heavy atom. The zero-order valence-corrected chi connectivity index (χ0v) is 16.2. The van der Waals surface area contributed by atoms with E-state index in [1.54, 1.807) is 0 Å². The minimum Gasteiger partial charge on any atom is -0.364 e. The topological polar surface area (TPSA) is 25.1 Å². The molecule has 136 valence electrons. The normalized spacial score (nSPS) is 30.2. The van der Waals surface area contributed by atoms with E-state index in [9.17, 15) is 0 Å². The van der Waals surface area contributed by atoms with E-state index in [0.29, 0.717) is 0 Å². The third-order valence-electron chi connectivity index (χ3n) is 6.16. The Balaban J connectivity index is 0.000000115. The standard InChI is InChI=1S/2C11H11ClO/c2*12-9-3-4-10-8(6-9)2-1-5-11(10)7-13-11/h2*3-4,6H,1-2,5,7H2/t2*11-/m10/s1. The van der Waals surface area contributed by atoms with E-state index in [4.69, 9.17) is 32.7 Å². The zero-order valence-electron chi connectivity index (χ0n) is 14.7. The van der Waals surface area contributed by atoms with Crippen molar-refractivity contribution in [3.05, 3.63) is 68.7 Å². The summed E-state index contributed by atoms with van der Waals surface area (Å²) in [4.78, 5) is 0. The number of aryl methyl sites for hydroxylation is 2. The lowest BCUT2D eigenvalue weighted by molar-refractivity contribution is 0.277. The molecule has 2 aliphatic carbocycles. The molecule has 2 atom stereocenters. The van der Waals surface area contributed by atoms with Crippen molar-refractivity contribution in [3.63, 3.8) is 0 Å². The Morgan fingerprint density at radius 3 is 1.50 bits per heavy atom. The number of rotatable bonds is 0. The molecule has 2 nitrogen and oxygen atoms in total. The molecule has 4 heteroatoms. The largest absolute Gasteiger partial charge is 0.364 e. The molecule has 2 heterocycles. The van der Waals surface area contributed by atoms with Gasteiger partial charge < -0.3 is 9.47 Å². The maximum atomic E-state index is 5.95. The van der Waals surface area contributed by atoms with Crippen molar-refractivity contribution in [1.82, 2.24) is 0 Å². The van der Waals surface area contributed by atoms with Crippen molar-refractivity contribution in [2.45, 2.75) is 49.7 Å². The summed E-state index contributed by atoms with van der Waals surface area (Å²) in [7, 11) is 0. The van der Waals surface area contributed by atoms with Crippen LogP contribution in [0, 0.1) is 0 Å². The first-order valence-corrected chi connectivity index (χ1v) is 10.2. The first-order valence-electron chi connectivity index (χ1n) is 9.46. The van der Waals surface area contributed by atoms with Gasteiger partial charge in [-0.1, -0.05) is 35.3 Å². The highest BCUT2D eigenvalue weighted by Gasteiger charge is 2.49. The molecule has 6 rings (SSSR count). The van der Waals surface area contributed by atoms with Crippen LogP contribution in [-0.4, -0.2) is 13.2 Å². The van der Waals surface area contributed by atoms with Gasteiger partial charge in [-0.2, -0.15) is 0 Å². The summed E-state index contributed by atoms with van der Waals surface area (Å²) in [6.45, 7) is 1.81. The van der Waals surface area contributed by atoms with Crippen LogP contribution in [0.3, 0.4) is 0 Å². The van der Waals surface area contributed by atoms with Crippen LogP contribution < -0.4 is 0 Å². The van der Waals surface area contributed by atoms with E-state index in [-0.39, 0.29) is 11.2 Å². The number of benzene rings is 2. The number of hydrogen-bond acceptors (Lipinski definition) is 2. The van der Waals surface area contributed by atoms with E-state index >= 15 is 0 Å². The van der Waals surface area contributed by atoms with Gasteiger partial charge >= 0.3 is 0 Å². The first kappa shape index (κ1) is 17.1. The Labute approximate surface area is 164 Å². The van der Waals surface area contributed by atoms with E-state index in [1.807, 2.05) is 12.1 Å². The van der Waals surface area contributed by atoms with Crippen LogP contribution in [0.25, 0.3) is 0 Å². The van der Waals surface area contributed by atoms with Gasteiger partial charge in [0.25, 0.3) is 0 Å². The van der Waals surface area contributed by atoms with Crippen molar-refractivity contribution in [3.8, 4) is 0 Å². The van der Waals surface area contributed by atoms with E-state index in [0.717, 1.165) is 36.1 Å². The maximum absolute atomic E-state index is 5.95. The highest BCUT2D eigenvalue weighted by atomic mass is 35.5. The zero-order chi connectivity index (χ0) is 17.8. The molecule has 2 aromatic rings. The van der Waals surface area contributed by atoms with Crippen LogP contribution in [0.5, 0.6) is 0 Å². The molecule has 26 heavy (non-hydrogen) atoms. The highest BCUT2D eigenvalue weighted by Crippen LogP contribution is 2.49. The molecule has 2 saturated heterocycles. The molecule has 2 aromatic carbocycles. The fourth-order valence-electron chi connectivity index (χ4n) is 4.60. The molecule has 0 aromatic heterocycles. The summed E-state index contributed by atoms with van der Waals surface area (Å²) in [5.41, 5.74) is 5.72. The quantitative estimate of drug-likeness (QED) is 0.532. The van der Waals surface area contributed by atoms with Crippen LogP contribution in [0.15, 0.2) is 36.4 Å². The lowest BCUT2D eigenvalue weighted by atomic mass is 9.83. The lowest BCUT2D eigenvalue weighted by Gasteiger charge is -2.22. The molecule has 4 aliphatic rings. The molecule has 0 bridgehead atoms. The predicted molar refractivity (Wildman–Crippen MR) is 104 cm³/mol. The van der Waals surface area contributed by atoms with Crippen molar-refractivity contribution in [2.24, 2.45) is 0 Å². The molecule has 2 aliphatic heterocycles. The average molecular weight is 389 g/mol. The summed E-state index contributed by atoms with van der Waals surface area (Å²) >= 11 is 11.9. The number of ether oxygens (including phenoxy) is 2. The van der Waals surface area contributed by atoms with E-state index < -0.39 is 0 Å². The van der Waals surface area contributed by atoms with E-state index in [1.165, 1.54) is 47.9 Å². The van der Waals surface area contributed by atoms with Gasteiger partial charge in [-0.15, -0.1) is 0 Å². The minimum atomic E-state index is 0.0954. The SMILES string of the molecule is Clc1ccc2c(c1)CCC[C@@]21CO1.Clc1ccc2c(c1)CCC[C@]21CO1. The Bertz CT molecular complexity index is 782. The third kappa shape index (κ3) is 2.97. The van der Waals surface area contributed by atoms with Crippen LogP contribution in [0.2, 0.25) is 10.0 Å². The van der Waals surface area contributed by atoms with Gasteiger partial charge in [-0.3, -0.25) is 0 Å². The van der Waals surface area contributed by atoms with Crippen LogP contribution in [0.4, 0.5) is 0 Å². The second-order valence-electron chi connectivity index (χ2n) is 7.88. The van der Waals surface area contributed by atoms with Gasteiger partial charge in [-0.25, -0.2) is 0 Å². The summed E-state index contributed by atoms with van der Waals surface area (Å²) in [5.74, 6) is 0. The Hall–Kier alpha value is -1.06. The van der Waals surface area contributed by atoms with Crippen LogP contribution in [-0.2, 0) is 33.5 Å². The van der Waals surface area contributed by atoms with Crippen molar-refractivity contribution < 1.29 is 9.47 Å². The van der Waals surface area contributed by atoms with Crippen molar-refractivity contribution in [2.75, 3.05) is 13.2 Å². The minimum absolute atomic E-state index is 0.0954. The Morgan fingerprint density at radius 1 is 0.692 bits per heavy atom. The number of epoxide rings is 2. The van der Waals surface area contributed by atoms with Gasteiger partial charge in [0.2, 0.25) is 0 Å². The summed E-state index contributed by atoms with van der Waals surface area (Å²) in [6, 6.07) is 12.4. The van der Waals surface area contributed by atoms with Crippen molar-refractivity contribution >= 4 is 23.2 Å². The smallest absolute Gasteiger partial charge is 0.117 e. The molecular weight excluding hydrogens is 367 g/mol. The van der Waals surface area contributed by atoms with E-state index in [2.05, 4.69) is 24.3 Å². The fraction of sp³-hybridized carbons (Fsp3) is 0.455. The monoisotopic (exact) mass is 388 g/mol. The second kappa shape index (κ2) is 6.24. The van der Waals surface area contributed by atoms with Gasteiger partial charge in [0, 0.05) is 10.0 Å². The molecule has 0 amide bonds. The summed E-state index contributed by atoms with van der Waals surface area (Å²) in [6.07, 6.45) is 7.13. The van der Waals surface area contributed by atoms with Crippen LogP contribution >= 0.6 is 23.2 Å². The average Bonchev–Trinajstić information content (AvgIpc) is 3.55. The maximum Gasteiger partial charge on any atom is 0.117 e. The van der Waals surface area contributed by atoms with Gasteiger partial charge in [0.05, 0.1) is 13.2 Å². The van der Waals surface area contributed by atoms with Crippen molar-refractivity contribution in [1.29, 1.82) is 0 Å². The number of hydrogen-bond donors (Lipinski definition) is 0. The molecule has 0 N–H and O–H groups in total. The number of fused-ring (bicyclic) bond motifs is 4. The molecule has 2 spiro atoms. The predicted octanol–water partition coefficient (Wildman–Crippen LogP) is 5.80.